The van der Waals surface area contributed by atoms with Gasteiger partial charge in [0.2, 0.25) is 0 Å². The summed E-state index contributed by atoms with van der Waals surface area (Å²) in [5.41, 5.74) is 1.62. The first kappa shape index (κ1) is 17.9. The van der Waals surface area contributed by atoms with E-state index in [1.54, 1.807) is 11.3 Å². The Kier molecular flexibility index (Phi) is 5.49. The number of rotatable bonds is 4. The number of hydrogen-bond donors (Lipinski definition) is 0. The van der Waals surface area contributed by atoms with Gasteiger partial charge in [-0.05, 0) is 28.1 Å². The molecule has 7 heteroatoms. The van der Waals surface area contributed by atoms with Crippen molar-refractivity contribution in [2.45, 2.75) is 6.54 Å². The SMILES string of the molecule is O=C(c1csc(-c2ccccc2)n1)N1CCN(Cc2ccc(Br)s2)CC1. The van der Waals surface area contributed by atoms with Gasteiger partial charge in [-0.25, -0.2) is 4.98 Å². The van der Waals surface area contributed by atoms with Crippen LogP contribution >= 0.6 is 38.6 Å². The lowest BCUT2D eigenvalue weighted by Crippen LogP contribution is -2.48. The summed E-state index contributed by atoms with van der Waals surface area (Å²) in [7, 11) is 0. The van der Waals surface area contributed by atoms with Gasteiger partial charge in [-0.3, -0.25) is 9.69 Å². The zero-order valence-electron chi connectivity index (χ0n) is 14.1. The number of nitrogens with zero attached hydrogens (tertiary/aromatic N) is 3. The van der Waals surface area contributed by atoms with E-state index in [0.717, 1.165) is 43.3 Å². The first-order chi connectivity index (χ1) is 12.7. The van der Waals surface area contributed by atoms with E-state index in [1.807, 2.05) is 40.6 Å². The van der Waals surface area contributed by atoms with Crippen molar-refractivity contribution in [2.75, 3.05) is 26.2 Å². The third kappa shape index (κ3) is 4.06. The molecule has 0 saturated carbocycles. The first-order valence-electron chi connectivity index (χ1n) is 8.46. The molecule has 4 nitrogen and oxygen atoms in total. The quantitative estimate of drug-likeness (QED) is 0.586. The van der Waals surface area contributed by atoms with E-state index in [9.17, 15) is 4.79 Å². The summed E-state index contributed by atoms with van der Waals surface area (Å²) in [6.45, 7) is 4.26. The number of thiophene rings is 1. The molecule has 26 heavy (non-hydrogen) atoms. The lowest BCUT2D eigenvalue weighted by atomic mass is 10.2. The minimum atomic E-state index is 0.0435. The van der Waals surface area contributed by atoms with E-state index in [2.05, 4.69) is 37.9 Å². The Morgan fingerprint density at radius 1 is 1.08 bits per heavy atom. The van der Waals surface area contributed by atoms with Gasteiger partial charge in [-0.15, -0.1) is 22.7 Å². The van der Waals surface area contributed by atoms with Crippen molar-refractivity contribution < 1.29 is 4.79 Å². The predicted octanol–water partition coefficient (Wildman–Crippen LogP) is 4.59. The molecule has 0 unspecified atom stereocenters. The van der Waals surface area contributed by atoms with Gasteiger partial charge in [0.15, 0.2) is 0 Å². The van der Waals surface area contributed by atoms with Crippen LogP contribution in [0.25, 0.3) is 10.6 Å². The number of halogens is 1. The van der Waals surface area contributed by atoms with Crippen LogP contribution in [0.1, 0.15) is 15.4 Å². The maximum absolute atomic E-state index is 12.8. The Balaban J connectivity index is 1.36. The number of hydrogen-bond acceptors (Lipinski definition) is 5. The lowest BCUT2D eigenvalue weighted by Gasteiger charge is -2.34. The Morgan fingerprint density at radius 2 is 1.85 bits per heavy atom. The number of benzene rings is 1. The maximum Gasteiger partial charge on any atom is 0.273 e. The zero-order chi connectivity index (χ0) is 17.9. The van der Waals surface area contributed by atoms with Crippen molar-refractivity contribution in [1.29, 1.82) is 0 Å². The molecule has 0 radical (unpaired) electrons. The van der Waals surface area contributed by atoms with E-state index in [1.165, 1.54) is 20.0 Å². The molecule has 0 N–H and O–H groups in total. The smallest absolute Gasteiger partial charge is 0.273 e. The summed E-state index contributed by atoms with van der Waals surface area (Å²) in [5.74, 6) is 0.0435. The molecular formula is C19H18BrN3OS2. The van der Waals surface area contributed by atoms with E-state index in [0.29, 0.717) is 5.69 Å². The molecule has 0 bridgehead atoms. The summed E-state index contributed by atoms with van der Waals surface area (Å²) >= 11 is 6.81. The second kappa shape index (κ2) is 8.00. The van der Waals surface area contributed by atoms with Crippen LogP contribution in [0, 0.1) is 0 Å². The summed E-state index contributed by atoms with van der Waals surface area (Å²) < 4.78 is 1.17. The van der Waals surface area contributed by atoms with Crippen molar-refractivity contribution in [3.05, 3.63) is 62.2 Å². The molecule has 3 aromatic rings. The second-order valence-corrected chi connectivity index (χ2v) is 9.58. The molecule has 1 saturated heterocycles. The Morgan fingerprint density at radius 3 is 2.54 bits per heavy atom. The molecule has 4 rings (SSSR count). The van der Waals surface area contributed by atoms with Crippen LogP contribution in [0.15, 0.2) is 51.6 Å². The molecule has 1 fully saturated rings. The van der Waals surface area contributed by atoms with Crippen LogP contribution in [0.2, 0.25) is 0 Å². The number of piperazine rings is 1. The monoisotopic (exact) mass is 447 g/mol. The average Bonchev–Trinajstić information content (AvgIpc) is 3.32. The molecular weight excluding hydrogens is 430 g/mol. The Hall–Kier alpha value is -1.54. The van der Waals surface area contributed by atoms with Crippen molar-refractivity contribution in [3.8, 4) is 10.6 Å². The lowest BCUT2D eigenvalue weighted by molar-refractivity contribution is 0.0625. The number of carbonyl (C=O) groups is 1. The summed E-state index contributed by atoms with van der Waals surface area (Å²) in [5, 5.41) is 2.77. The highest BCUT2D eigenvalue weighted by Crippen LogP contribution is 2.25. The molecule has 3 heterocycles. The molecule has 0 atom stereocenters. The van der Waals surface area contributed by atoms with Gasteiger partial charge in [0.25, 0.3) is 5.91 Å². The van der Waals surface area contributed by atoms with Gasteiger partial charge in [0, 0.05) is 48.5 Å². The van der Waals surface area contributed by atoms with Gasteiger partial charge >= 0.3 is 0 Å². The minimum absolute atomic E-state index is 0.0435. The molecule has 0 spiro atoms. The van der Waals surface area contributed by atoms with Crippen LogP contribution in [0.3, 0.4) is 0 Å². The Labute approximate surface area is 169 Å². The van der Waals surface area contributed by atoms with Crippen molar-refractivity contribution in [2.24, 2.45) is 0 Å². The number of amides is 1. The fourth-order valence-electron chi connectivity index (χ4n) is 3.01. The van der Waals surface area contributed by atoms with Crippen LogP contribution < -0.4 is 0 Å². The zero-order valence-corrected chi connectivity index (χ0v) is 17.3. The van der Waals surface area contributed by atoms with Gasteiger partial charge < -0.3 is 4.90 Å². The molecule has 134 valence electrons. The molecule has 1 aliphatic rings. The van der Waals surface area contributed by atoms with Crippen LogP contribution in [-0.4, -0.2) is 46.9 Å². The maximum atomic E-state index is 12.8. The first-order valence-corrected chi connectivity index (χ1v) is 10.9. The highest BCUT2D eigenvalue weighted by molar-refractivity contribution is 9.11. The van der Waals surface area contributed by atoms with Gasteiger partial charge in [-0.2, -0.15) is 0 Å². The predicted molar refractivity (Wildman–Crippen MR) is 111 cm³/mol. The van der Waals surface area contributed by atoms with Crippen LogP contribution in [0.4, 0.5) is 0 Å². The van der Waals surface area contributed by atoms with Crippen LogP contribution in [-0.2, 0) is 6.54 Å². The summed E-state index contributed by atoms with van der Waals surface area (Å²) in [6.07, 6.45) is 0. The largest absolute Gasteiger partial charge is 0.335 e. The van der Waals surface area contributed by atoms with Crippen molar-refractivity contribution in [1.82, 2.24) is 14.8 Å². The normalized spacial score (nSPS) is 15.3. The summed E-state index contributed by atoms with van der Waals surface area (Å²) in [6, 6.07) is 14.3. The van der Waals surface area contributed by atoms with E-state index < -0.39 is 0 Å². The highest BCUT2D eigenvalue weighted by Gasteiger charge is 2.24. The van der Waals surface area contributed by atoms with Crippen LogP contribution in [0.5, 0.6) is 0 Å². The van der Waals surface area contributed by atoms with Crippen molar-refractivity contribution in [3.63, 3.8) is 0 Å². The van der Waals surface area contributed by atoms with E-state index in [4.69, 9.17) is 0 Å². The van der Waals surface area contributed by atoms with Gasteiger partial charge in [0.05, 0.1) is 3.79 Å². The number of carbonyl (C=O) groups excluding carboxylic acids is 1. The highest BCUT2D eigenvalue weighted by atomic mass is 79.9. The second-order valence-electron chi connectivity index (χ2n) is 6.18. The van der Waals surface area contributed by atoms with E-state index in [-0.39, 0.29) is 5.91 Å². The minimum Gasteiger partial charge on any atom is -0.335 e. The fraction of sp³-hybridized carbons (Fsp3) is 0.263. The average molecular weight is 448 g/mol. The standard InChI is InChI=1S/C19H18BrN3OS2/c20-17-7-6-15(26-17)12-22-8-10-23(11-9-22)19(24)16-13-25-18(21-16)14-4-2-1-3-5-14/h1-7,13H,8-12H2. The third-order valence-corrected chi connectivity index (χ3v) is 6.91. The molecule has 1 amide bonds. The third-order valence-electron chi connectivity index (χ3n) is 4.41. The number of aromatic nitrogens is 1. The summed E-state index contributed by atoms with van der Waals surface area (Å²) in [4.78, 5) is 23.0. The topological polar surface area (TPSA) is 36.4 Å². The van der Waals surface area contributed by atoms with Crippen molar-refractivity contribution >= 4 is 44.5 Å². The molecule has 2 aromatic heterocycles. The molecule has 1 aromatic carbocycles. The molecule has 0 aliphatic carbocycles. The van der Waals surface area contributed by atoms with E-state index >= 15 is 0 Å². The number of thiazole rings is 1. The Bertz CT molecular complexity index is 885. The fourth-order valence-corrected chi connectivity index (χ4v) is 5.34. The van der Waals surface area contributed by atoms with Gasteiger partial charge in [-0.1, -0.05) is 30.3 Å². The van der Waals surface area contributed by atoms with Gasteiger partial charge in [0.1, 0.15) is 10.7 Å². The molecule has 1 aliphatic heterocycles.